The number of methoxy groups -OCH3 is 1. The molecule has 1 fully saturated rings. The molecule has 0 radical (unpaired) electrons. The van der Waals surface area contributed by atoms with Crippen LogP contribution in [0.5, 0.6) is 0 Å². The molecule has 0 aliphatic carbocycles. The van der Waals surface area contributed by atoms with Crippen molar-refractivity contribution in [2.45, 2.75) is 39.2 Å². The first-order chi connectivity index (χ1) is 12.0. The molecule has 1 aliphatic heterocycles. The number of piperidine rings is 1. The molecule has 2 rings (SSSR count). The van der Waals surface area contributed by atoms with E-state index in [9.17, 15) is 9.59 Å². The van der Waals surface area contributed by atoms with E-state index in [-0.39, 0.29) is 23.9 Å². The van der Waals surface area contributed by atoms with Crippen LogP contribution >= 0.6 is 0 Å². The lowest BCUT2D eigenvalue weighted by atomic mass is 9.93. The van der Waals surface area contributed by atoms with Gasteiger partial charge >= 0.3 is 6.03 Å². The molecule has 3 amide bonds. The van der Waals surface area contributed by atoms with Gasteiger partial charge in [0.15, 0.2) is 0 Å². The van der Waals surface area contributed by atoms with Crippen molar-refractivity contribution in [3.63, 3.8) is 0 Å². The number of benzene rings is 1. The van der Waals surface area contributed by atoms with E-state index in [1.807, 2.05) is 31.2 Å². The van der Waals surface area contributed by atoms with Gasteiger partial charge in [-0.3, -0.25) is 4.79 Å². The number of nitrogens with one attached hydrogen (secondary N) is 2. The highest BCUT2D eigenvalue weighted by Crippen LogP contribution is 2.23. The summed E-state index contributed by atoms with van der Waals surface area (Å²) in [5, 5.41) is 5.83. The molecule has 0 spiro atoms. The summed E-state index contributed by atoms with van der Waals surface area (Å²) in [6, 6.07) is 7.84. The summed E-state index contributed by atoms with van der Waals surface area (Å²) >= 11 is 0. The van der Waals surface area contributed by atoms with Gasteiger partial charge < -0.3 is 20.3 Å². The van der Waals surface area contributed by atoms with Gasteiger partial charge in [-0.05, 0) is 43.9 Å². The number of carbonyl (C=O) groups is 2. The van der Waals surface area contributed by atoms with Gasteiger partial charge in [0.05, 0.1) is 12.5 Å². The summed E-state index contributed by atoms with van der Waals surface area (Å²) in [5.41, 5.74) is 1.98. The molecule has 138 valence electrons. The minimum Gasteiger partial charge on any atom is -0.383 e. The Morgan fingerprint density at radius 1 is 1.32 bits per heavy atom. The van der Waals surface area contributed by atoms with Crippen LogP contribution < -0.4 is 10.6 Å². The van der Waals surface area contributed by atoms with Gasteiger partial charge in [-0.25, -0.2) is 4.79 Å². The second-order valence-electron chi connectivity index (χ2n) is 6.54. The maximum Gasteiger partial charge on any atom is 0.322 e. The average Bonchev–Trinajstić information content (AvgIpc) is 2.62. The smallest absolute Gasteiger partial charge is 0.322 e. The summed E-state index contributed by atoms with van der Waals surface area (Å²) in [4.78, 5) is 26.7. The Bertz CT molecular complexity index is 591. The Labute approximate surface area is 149 Å². The van der Waals surface area contributed by atoms with Gasteiger partial charge in [-0.2, -0.15) is 0 Å². The van der Waals surface area contributed by atoms with Crippen molar-refractivity contribution in [1.82, 2.24) is 10.2 Å². The summed E-state index contributed by atoms with van der Waals surface area (Å²) in [5.74, 6) is -0.171. The molecule has 2 atom stereocenters. The maximum absolute atomic E-state index is 12.7. The van der Waals surface area contributed by atoms with E-state index in [1.165, 1.54) is 5.56 Å². The van der Waals surface area contributed by atoms with Gasteiger partial charge in [0, 0.05) is 31.9 Å². The number of nitrogens with zero attached hydrogens (tertiary/aromatic N) is 1. The van der Waals surface area contributed by atoms with E-state index in [0.29, 0.717) is 19.7 Å². The number of aryl methyl sites for hydroxylation is 1. The highest BCUT2D eigenvalue weighted by atomic mass is 16.5. The van der Waals surface area contributed by atoms with Crippen LogP contribution in [-0.4, -0.2) is 49.7 Å². The molecule has 1 heterocycles. The van der Waals surface area contributed by atoms with Crippen LogP contribution in [0.1, 0.15) is 32.3 Å². The van der Waals surface area contributed by atoms with Crippen molar-refractivity contribution in [1.29, 1.82) is 0 Å². The molecule has 25 heavy (non-hydrogen) atoms. The first kappa shape index (κ1) is 19.2. The van der Waals surface area contributed by atoms with E-state index in [0.717, 1.165) is 24.9 Å². The predicted molar refractivity (Wildman–Crippen MR) is 98.6 cm³/mol. The maximum atomic E-state index is 12.7. The summed E-state index contributed by atoms with van der Waals surface area (Å²) in [6.07, 6.45) is 2.55. The van der Waals surface area contributed by atoms with Crippen LogP contribution in [0, 0.1) is 5.92 Å². The molecule has 0 aromatic heterocycles. The predicted octanol–water partition coefficient (Wildman–Crippen LogP) is 2.64. The first-order valence-corrected chi connectivity index (χ1v) is 8.98. The number of hydrogen-bond acceptors (Lipinski definition) is 3. The van der Waals surface area contributed by atoms with Crippen molar-refractivity contribution in [3.05, 3.63) is 29.8 Å². The van der Waals surface area contributed by atoms with Crippen LogP contribution in [0.3, 0.4) is 0 Å². The number of rotatable bonds is 6. The normalized spacial score (nSPS) is 20.2. The molecule has 0 unspecified atom stereocenters. The number of hydrogen-bond donors (Lipinski definition) is 2. The van der Waals surface area contributed by atoms with Crippen LogP contribution in [0.4, 0.5) is 10.5 Å². The van der Waals surface area contributed by atoms with Gasteiger partial charge in [0.2, 0.25) is 5.91 Å². The second-order valence-corrected chi connectivity index (χ2v) is 6.54. The van der Waals surface area contributed by atoms with E-state index in [2.05, 4.69) is 17.6 Å². The Kier molecular flexibility index (Phi) is 7.25. The molecule has 1 aromatic rings. The van der Waals surface area contributed by atoms with Crippen LogP contribution in [0.25, 0.3) is 0 Å². The van der Waals surface area contributed by atoms with Crippen LogP contribution in [0.15, 0.2) is 24.3 Å². The van der Waals surface area contributed by atoms with Crippen molar-refractivity contribution < 1.29 is 14.3 Å². The summed E-state index contributed by atoms with van der Waals surface area (Å²) in [7, 11) is 1.61. The number of anilines is 1. The largest absolute Gasteiger partial charge is 0.383 e. The minimum absolute atomic E-state index is 0.00488. The monoisotopic (exact) mass is 347 g/mol. The molecule has 1 saturated heterocycles. The van der Waals surface area contributed by atoms with Crippen LogP contribution in [0.2, 0.25) is 0 Å². The number of urea groups is 1. The molecule has 1 aromatic carbocycles. The van der Waals surface area contributed by atoms with Gasteiger partial charge in [0.25, 0.3) is 0 Å². The molecular weight excluding hydrogens is 318 g/mol. The molecule has 6 heteroatoms. The fourth-order valence-electron chi connectivity index (χ4n) is 3.09. The van der Waals surface area contributed by atoms with Crippen molar-refractivity contribution in [2.24, 2.45) is 5.92 Å². The second kappa shape index (κ2) is 9.42. The highest BCUT2D eigenvalue weighted by molar-refractivity contribution is 5.90. The zero-order chi connectivity index (χ0) is 18.2. The zero-order valence-electron chi connectivity index (χ0n) is 15.4. The first-order valence-electron chi connectivity index (χ1n) is 8.98. The molecule has 2 N–H and O–H groups in total. The van der Waals surface area contributed by atoms with Crippen molar-refractivity contribution in [2.75, 3.05) is 32.1 Å². The molecule has 6 nitrogen and oxygen atoms in total. The Hall–Kier alpha value is -2.08. The standard InChI is InChI=1S/C19H29N3O3/c1-4-15-6-5-7-17(12-15)21-19(24)22-13-16(9-8-14(22)2)18(23)20-10-11-25-3/h5-7,12,14,16H,4,8-11,13H2,1-3H3,(H,20,23)(H,21,24)/t14-,16-/m0/s1. The molecular formula is C19H29N3O3. The third-order valence-electron chi connectivity index (χ3n) is 4.71. The van der Waals surface area contributed by atoms with Gasteiger partial charge in [-0.15, -0.1) is 0 Å². The molecule has 0 saturated carbocycles. The van der Waals surface area contributed by atoms with E-state index in [4.69, 9.17) is 4.74 Å². The van der Waals surface area contributed by atoms with Crippen LogP contribution in [-0.2, 0) is 16.0 Å². The molecule has 1 aliphatic rings. The van der Waals surface area contributed by atoms with E-state index < -0.39 is 0 Å². The lowest BCUT2D eigenvalue weighted by Gasteiger charge is -2.37. The third kappa shape index (κ3) is 5.46. The lowest BCUT2D eigenvalue weighted by molar-refractivity contribution is -0.126. The van der Waals surface area contributed by atoms with E-state index in [1.54, 1.807) is 12.0 Å². The quantitative estimate of drug-likeness (QED) is 0.777. The Morgan fingerprint density at radius 3 is 2.84 bits per heavy atom. The Morgan fingerprint density at radius 2 is 2.12 bits per heavy atom. The summed E-state index contributed by atoms with van der Waals surface area (Å²) in [6.45, 7) is 5.55. The van der Waals surface area contributed by atoms with Crippen molar-refractivity contribution in [3.8, 4) is 0 Å². The number of ether oxygens (including phenoxy) is 1. The number of carbonyl (C=O) groups excluding carboxylic acids is 2. The molecule has 0 bridgehead atoms. The average molecular weight is 347 g/mol. The Balaban J connectivity index is 1.95. The summed E-state index contributed by atoms with van der Waals surface area (Å²) < 4.78 is 4.95. The minimum atomic E-state index is -0.166. The number of amides is 3. The fraction of sp³-hybridized carbons (Fsp3) is 0.579. The lowest BCUT2D eigenvalue weighted by Crippen LogP contribution is -2.51. The van der Waals surface area contributed by atoms with Gasteiger partial charge in [-0.1, -0.05) is 19.1 Å². The van der Waals surface area contributed by atoms with Crippen molar-refractivity contribution >= 4 is 17.6 Å². The highest BCUT2D eigenvalue weighted by Gasteiger charge is 2.32. The fourth-order valence-corrected chi connectivity index (χ4v) is 3.09. The number of likely N-dealkylation sites (tertiary alicyclic amines) is 1. The van der Waals surface area contributed by atoms with Gasteiger partial charge in [0.1, 0.15) is 0 Å². The zero-order valence-corrected chi connectivity index (χ0v) is 15.4. The third-order valence-corrected chi connectivity index (χ3v) is 4.71. The topological polar surface area (TPSA) is 70.7 Å². The van der Waals surface area contributed by atoms with E-state index >= 15 is 0 Å². The SMILES string of the molecule is CCc1cccc(NC(=O)N2C[C@@H](C(=O)NCCOC)CC[C@@H]2C)c1.